The highest BCUT2D eigenvalue weighted by Gasteiger charge is 2.46. The molecule has 0 aromatic rings. The van der Waals surface area contributed by atoms with Crippen LogP contribution in [0.25, 0.3) is 0 Å². The molecule has 1 aliphatic heterocycles. The molecule has 5 fully saturated rings. The number of carbonyl (C=O) groups is 1. The predicted octanol–water partition coefficient (Wildman–Crippen LogP) is 3.72. The molecule has 5 nitrogen and oxygen atoms in total. The molecule has 0 bridgehead atoms. The minimum absolute atomic E-state index is 0.0200. The zero-order valence-electron chi connectivity index (χ0n) is 18.6. The monoisotopic (exact) mass is 438 g/mol. The number of hydrogen-bond acceptors (Lipinski definition) is 3. The molecule has 5 unspecified atom stereocenters. The third-order valence-electron chi connectivity index (χ3n) is 8.72. The topological polar surface area (TPSA) is 65.2 Å². The van der Waals surface area contributed by atoms with Crippen molar-refractivity contribution >= 4 is 6.03 Å². The summed E-state index contributed by atoms with van der Waals surface area (Å²) in [4.78, 5) is 12.2. The summed E-state index contributed by atoms with van der Waals surface area (Å²) in [6, 6.07) is 1.99. The van der Waals surface area contributed by atoms with E-state index in [1.165, 1.54) is 0 Å². The summed E-state index contributed by atoms with van der Waals surface area (Å²) >= 11 is 0. The van der Waals surface area contributed by atoms with Crippen molar-refractivity contribution in [2.24, 2.45) is 11.8 Å². The molecule has 5 rings (SSSR count). The first-order valence-corrected chi connectivity index (χ1v) is 12.9. The first-order valence-electron chi connectivity index (χ1n) is 12.9. The van der Waals surface area contributed by atoms with E-state index >= 15 is 0 Å². The Hall–Kier alpha value is -0.950. The van der Waals surface area contributed by atoms with Gasteiger partial charge in [0.05, 0.1) is 0 Å². The number of hydrogen-bond donors (Lipinski definition) is 4. The second kappa shape index (κ2) is 9.50. The highest BCUT2D eigenvalue weighted by atomic mass is 19.1. The summed E-state index contributed by atoms with van der Waals surface area (Å²) in [5, 5.41) is 14.2. The van der Waals surface area contributed by atoms with Crippen LogP contribution in [0, 0.1) is 11.8 Å². The molecule has 4 aliphatic carbocycles. The van der Waals surface area contributed by atoms with Crippen molar-refractivity contribution in [2.75, 3.05) is 0 Å². The fourth-order valence-electron chi connectivity index (χ4n) is 6.76. The average molecular weight is 439 g/mol. The Labute approximate surface area is 185 Å². The van der Waals surface area contributed by atoms with E-state index < -0.39 is 12.3 Å². The molecule has 5 atom stereocenters. The van der Waals surface area contributed by atoms with Gasteiger partial charge in [0.2, 0.25) is 0 Å². The summed E-state index contributed by atoms with van der Waals surface area (Å²) in [5.41, 5.74) is 0. The van der Waals surface area contributed by atoms with Crippen molar-refractivity contribution in [2.45, 2.75) is 132 Å². The number of urea groups is 1. The maximum Gasteiger partial charge on any atom is 0.315 e. The highest BCUT2D eigenvalue weighted by Crippen LogP contribution is 2.39. The molecule has 1 saturated heterocycles. The van der Waals surface area contributed by atoms with Gasteiger partial charge in [0.25, 0.3) is 0 Å². The molecule has 0 spiro atoms. The van der Waals surface area contributed by atoms with Gasteiger partial charge in [-0.05, 0) is 95.3 Å². The molecule has 0 aromatic carbocycles. The quantitative estimate of drug-likeness (QED) is 0.541. The van der Waals surface area contributed by atoms with E-state index in [1.807, 2.05) is 0 Å². The number of rotatable bonds is 4. The van der Waals surface area contributed by atoms with Crippen molar-refractivity contribution in [3.8, 4) is 0 Å². The molecular formula is C24H40F2N4O. The summed E-state index contributed by atoms with van der Waals surface area (Å²) in [6.07, 6.45) is 10.4. The van der Waals surface area contributed by atoms with Gasteiger partial charge in [0.15, 0.2) is 0 Å². The average Bonchev–Trinajstić information content (AvgIpc) is 3.58. The first-order chi connectivity index (χ1) is 15.0. The van der Waals surface area contributed by atoms with E-state index in [2.05, 4.69) is 21.3 Å². The van der Waals surface area contributed by atoms with Crippen LogP contribution in [0.1, 0.15) is 83.5 Å². The Balaban J connectivity index is 1.24. The van der Waals surface area contributed by atoms with E-state index in [0.29, 0.717) is 67.7 Å². The molecule has 7 heteroatoms. The van der Waals surface area contributed by atoms with E-state index in [9.17, 15) is 13.6 Å². The van der Waals surface area contributed by atoms with Crippen LogP contribution in [0.15, 0.2) is 0 Å². The molecule has 4 saturated carbocycles. The molecule has 31 heavy (non-hydrogen) atoms. The smallest absolute Gasteiger partial charge is 0.315 e. The minimum atomic E-state index is -0.644. The van der Waals surface area contributed by atoms with E-state index in [-0.39, 0.29) is 12.1 Å². The van der Waals surface area contributed by atoms with Crippen LogP contribution in [0.2, 0.25) is 0 Å². The van der Waals surface area contributed by atoms with Crippen LogP contribution in [0.4, 0.5) is 13.6 Å². The summed E-state index contributed by atoms with van der Waals surface area (Å²) < 4.78 is 27.6. The third kappa shape index (κ3) is 5.35. The van der Waals surface area contributed by atoms with Gasteiger partial charge in [0, 0.05) is 36.3 Å². The van der Waals surface area contributed by atoms with Crippen molar-refractivity contribution in [3.05, 3.63) is 0 Å². The van der Waals surface area contributed by atoms with Crippen LogP contribution in [-0.2, 0) is 0 Å². The number of halogens is 2. The van der Waals surface area contributed by atoms with Crippen molar-refractivity contribution in [3.63, 3.8) is 0 Å². The maximum absolute atomic E-state index is 13.8. The number of amides is 2. The zero-order valence-corrected chi connectivity index (χ0v) is 18.6. The summed E-state index contributed by atoms with van der Waals surface area (Å²) in [6.45, 7) is 0. The first kappa shape index (κ1) is 21.9. The molecule has 176 valence electrons. The van der Waals surface area contributed by atoms with E-state index in [1.54, 1.807) is 0 Å². The summed E-state index contributed by atoms with van der Waals surface area (Å²) in [5.74, 6) is 0.994. The predicted molar refractivity (Wildman–Crippen MR) is 117 cm³/mol. The molecule has 4 N–H and O–H groups in total. The number of carbonyl (C=O) groups excluding carboxylic acids is 1. The summed E-state index contributed by atoms with van der Waals surface area (Å²) in [7, 11) is 0. The minimum Gasteiger partial charge on any atom is -0.335 e. The van der Waals surface area contributed by atoms with Gasteiger partial charge in [-0.15, -0.1) is 0 Å². The van der Waals surface area contributed by atoms with Gasteiger partial charge in [-0.1, -0.05) is 0 Å². The van der Waals surface area contributed by atoms with Crippen LogP contribution >= 0.6 is 0 Å². The fourth-order valence-corrected chi connectivity index (χ4v) is 6.76. The maximum atomic E-state index is 13.8. The van der Waals surface area contributed by atoms with Crippen molar-refractivity contribution < 1.29 is 13.6 Å². The Morgan fingerprint density at radius 1 is 0.613 bits per heavy atom. The van der Waals surface area contributed by atoms with Crippen LogP contribution in [0.5, 0.6) is 0 Å². The fraction of sp³-hybridized carbons (Fsp3) is 0.958. The van der Waals surface area contributed by atoms with Gasteiger partial charge in [0.1, 0.15) is 12.3 Å². The second-order valence-corrected chi connectivity index (χ2v) is 11.0. The molecular weight excluding hydrogens is 398 g/mol. The van der Waals surface area contributed by atoms with Gasteiger partial charge in [-0.2, -0.15) is 0 Å². The second-order valence-electron chi connectivity index (χ2n) is 11.0. The lowest BCUT2D eigenvalue weighted by Gasteiger charge is -2.53. The van der Waals surface area contributed by atoms with E-state index in [4.69, 9.17) is 0 Å². The lowest BCUT2D eigenvalue weighted by atomic mass is 9.70. The lowest BCUT2D eigenvalue weighted by Crippen LogP contribution is -2.71. The Bertz CT molecular complexity index is 617. The van der Waals surface area contributed by atoms with Crippen LogP contribution in [0.3, 0.4) is 0 Å². The normalized spacial score (nSPS) is 46.1. The Morgan fingerprint density at radius 3 is 1.65 bits per heavy atom. The van der Waals surface area contributed by atoms with E-state index in [0.717, 1.165) is 57.8 Å². The zero-order chi connectivity index (χ0) is 21.4. The highest BCUT2D eigenvalue weighted by molar-refractivity contribution is 5.74. The Kier molecular flexibility index (Phi) is 6.70. The lowest BCUT2D eigenvalue weighted by molar-refractivity contribution is 0.0537. The molecule has 0 aromatic heterocycles. The number of alkyl halides is 2. The molecule has 1 heterocycles. The third-order valence-corrected chi connectivity index (χ3v) is 8.72. The molecule has 2 amide bonds. The molecule has 0 radical (unpaired) electrons. The van der Waals surface area contributed by atoms with Gasteiger partial charge in [-0.3, -0.25) is 0 Å². The number of piperazine rings is 1. The molecule has 5 aliphatic rings. The van der Waals surface area contributed by atoms with Gasteiger partial charge >= 0.3 is 6.03 Å². The van der Waals surface area contributed by atoms with Crippen molar-refractivity contribution in [1.82, 2.24) is 21.3 Å². The van der Waals surface area contributed by atoms with Gasteiger partial charge < -0.3 is 21.3 Å². The standard InChI is InChI=1S/C24H40F2N4O/c25-16-5-1-14(2-6-16)22-23(15-3-7-17(26)8-4-15)30-21-13-19(11-12-20(21)29-22)28-24(31)27-18-9-10-18/h14-23,29-30H,1-13H2,(H2,27,28,31). The van der Waals surface area contributed by atoms with Crippen LogP contribution < -0.4 is 21.3 Å². The largest absolute Gasteiger partial charge is 0.335 e. The Morgan fingerprint density at radius 2 is 1.10 bits per heavy atom. The number of nitrogens with one attached hydrogen (secondary N) is 4. The van der Waals surface area contributed by atoms with Gasteiger partial charge in [-0.25, -0.2) is 13.6 Å². The van der Waals surface area contributed by atoms with Crippen molar-refractivity contribution in [1.29, 1.82) is 0 Å². The SMILES string of the molecule is O=C(NC1CC1)NC1CCC2NC(C3CCC(F)CC3)C(C3CCC(F)CC3)NC2C1. The number of fused-ring (bicyclic) bond motifs is 1. The van der Waals surface area contributed by atoms with Crippen LogP contribution in [-0.4, -0.2) is 54.6 Å².